The molecule has 1 nitrogen and oxygen atoms in total. The van der Waals surface area contributed by atoms with Crippen molar-refractivity contribution in [2.75, 3.05) is 0 Å². The molecule has 0 unspecified atom stereocenters. The Morgan fingerprint density at radius 2 is 1.80 bits per heavy atom. The average Bonchev–Trinajstić information content (AvgIpc) is 2.33. The number of para-hydroxylation sites is 1. The number of fused-ring (bicyclic) bond motifs is 1. The molecular weight excluding hydrogens is 218 g/mol. The van der Waals surface area contributed by atoms with Gasteiger partial charge in [0.1, 0.15) is 0 Å². The topological polar surface area (TPSA) is 15.8 Å². The predicted molar refractivity (Wildman–Crippen MR) is 38.3 cm³/mol. The van der Waals surface area contributed by atoms with Crippen molar-refractivity contribution in [1.82, 2.24) is 4.98 Å². The van der Waals surface area contributed by atoms with Gasteiger partial charge < -0.3 is 4.98 Å². The van der Waals surface area contributed by atoms with Crippen LogP contribution in [0.1, 0.15) is 0 Å². The van der Waals surface area contributed by atoms with E-state index in [4.69, 9.17) is 0 Å². The van der Waals surface area contributed by atoms with Crippen LogP contribution in [-0.4, -0.2) is 4.98 Å². The molecule has 2 rings (SSSR count). The second kappa shape index (κ2) is 3.06. The minimum Gasteiger partial charge on any atom is -0.361 e. The number of benzene rings is 1. The van der Waals surface area contributed by atoms with Gasteiger partial charge in [0.15, 0.2) is 0 Å². The molecule has 0 saturated carbocycles. The van der Waals surface area contributed by atoms with Gasteiger partial charge >= 0.3 is 0 Å². The van der Waals surface area contributed by atoms with E-state index in [1.165, 1.54) is 10.9 Å². The number of H-pyrrole nitrogens is 1. The number of aromatic nitrogens is 1. The first-order valence-corrected chi connectivity index (χ1v) is 2.99. The molecule has 2 aromatic rings. The maximum Gasteiger partial charge on any atom is 0.0453 e. The molecule has 1 aromatic carbocycles. The Labute approximate surface area is 75.0 Å². The standard InChI is InChI=1S/C8H7N.Ag/c1-2-4-8-7(3-1)5-6-9-8;/h1-6,9H;. The first kappa shape index (κ1) is 7.61. The minimum atomic E-state index is 0. The van der Waals surface area contributed by atoms with Gasteiger partial charge in [0.25, 0.3) is 0 Å². The van der Waals surface area contributed by atoms with Crippen LogP contribution in [0.4, 0.5) is 0 Å². The first-order chi connectivity index (χ1) is 4.47. The molecule has 2 heteroatoms. The van der Waals surface area contributed by atoms with E-state index in [0.29, 0.717) is 0 Å². The molecule has 10 heavy (non-hydrogen) atoms. The maximum atomic E-state index is 3.12. The Balaban J connectivity index is 0.000000500. The quantitative estimate of drug-likeness (QED) is 0.661. The van der Waals surface area contributed by atoms with Crippen LogP contribution in [0, 0.1) is 0 Å². The number of aromatic amines is 1. The molecule has 0 aliphatic rings. The molecule has 0 amide bonds. The van der Waals surface area contributed by atoms with E-state index < -0.39 is 0 Å². The zero-order valence-electron chi connectivity index (χ0n) is 5.27. The van der Waals surface area contributed by atoms with Gasteiger partial charge in [-0.3, -0.25) is 0 Å². The molecule has 0 aliphatic heterocycles. The van der Waals surface area contributed by atoms with Gasteiger partial charge in [0.05, 0.1) is 0 Å². The summed E-state index contributed by atoms with van der Waals surface area (Å²) in [6.07, 6.45) is 1.95. The Morgan fingerprint density at radius 3 is 2.60 bits per heavy atom. The van der Waals surface area contributed by atoms with Gasteiger partial charge in [-0.25, -0.2) is 0 Å². The zero-order valence-corrected chi connectivity index (χ0v) is 6.75. The smallest absolute Gasteiger partial charge is 0.0453 e. The number of hydrogen-bond acceptors (Lipinski definition) is 0. The fourth-order valence-corrected chi connectivity index (χ4v) is 0.995. The second-order valence-corrected chi connectivity index (χ2v) is 2.06. The van der Waals surface area contributed by atoms with Gasteiger partial charge in [0.2, 0.25) is 0 Å². The summed E-state index contributed by atoms with van der Waals surface area (Å²) in [5.41, 5.74) is 1.21. The largest absolute Gasteiger partial charge is 0.361 e. The normalized spacial score (nSPS) is 9.20. The van der Waals surface area contributed by atoms with E-state index in [0.717, 1.165) is 0 Å². The van der Waals surface area contributed by atoms with Crippen molar-refractivity contribution in [2.24, 2.45) is 0 Å². The van der Waals surface area contributed by atoms with Crippen LogP contribution >= 0.6 is 0 Å². The van der Waals surface area contributed by atoms with Crippen molar-refractivity contribution < 1.29 is 22.4 Å². The molecule has 1 radical (unpaired) electrons. The molecular formula is C8H7AgN. The Kier molecular flexibility index (Phi) is 2.33. The number of hydrogen-bond donors (Lipinski definition) is 1. The number of rotatable bonds is 0. The molecule has 0 aliphatic carbocycles. The average molecular weight is 225 g/mol. The van der Waals surface area contributed by atoms with Crippen molar-refractivity contribution in [2.45, 2.75) is 0 Å². The van der Waals surface area contributed by atoms with Gasteiger partial charge in [-0.2, -0.15) is 0 Å². The third kappa shape index (κ3) is 1.16. The van der Waals surface area contributed by atoms with Crippen molar-refractivity contribution in [3.05, 3.63) is 36.5 Å². The maximum absolute atomic E-state index is 3.12. The number of nitrogens with one attached hydrogen (secondary N) is 1. The summed E-state index contributed by atoms with van der Waals surface area (Å²) in [6, 6.07) is 10.3. The SMILES string of the molecule is [Ag].c1ccc2[nH]ccc2c1. The summed E-state index contributed by atoms with van der Waals surface area (Å²) < 4.78 is 0. The molecule has 55 valence electrons. The third-order valence-corrected chi connectivity index (χ3v) is 1.46. The fraction of sp³-hybridized carbons (Fsp3) is 0. The van der Waals surface area contributed by atoms with Crippen LogP contribution < -0.4 is 0 Å². The van der Waals surface area contributed by atoms with Crippen LogP contribution in [0.5, 0.6) is 0 Å². The molecule has 0 atom stereocenters. The first-order valence-electron chi connectivity index (χ1n) is 2.99. The molecule has 0 bridgehead atoms. The van der Waals surface area contributed by atoms with Crippen LogP contribution in [0.15, 0.2) is 36.5 Å². The van der Waals surface area contributed by atoms with Gasteiger partial charge in [-0.15, -0.1) is 0 Å². The molecule has 1 N–H and O–H groups in total. The monoisotopic (exact) mass is 224 g/mol. The summed E-state index contributed by atoms with van der Waals surface area (Å²) in [5.74, 6) is 0. The van der Waals surface area contributed by atoms with Crippen LogP contribution in [0.25, 0.3) is 10.9 Å². The Bertz CT molecular complexity index is 283. The van der Waals surface area contributed by atoms with Gasteiger partial charge in [0, 0.05) is 34.1 Å². The molecule has 0 spiro atoms. The molecule has 0 fully saturated rings. The van der Waals surface area contributed by atoms with E-state index >= 15 is 0 Å². The summed E-state index contributed by atoms with van der Waals surface area (Å²) in [6.45, 7) is 0. The Hall–Kier alpha value is -0.500. The van der Waals surface area contributed by atoms with Crippen LogP contribution in [-0.2, 0) is 22.4 Å². The van der Waals surface area contributed by atoms with Crippen molar-refractivity contribution >= 4 is 10.9 Å². The summed E-state index contributed by atoms with van der Waals surface area (Å²) in [5, 5.41) is 1.28. The summed E-state index contributed by atoms with van der Waals surface area (Å²) >= 11 is 0. The summed E-state index contributed by atoms with van der Waals surface area (Å²) in [7, 11) is 0. The summed E-state index contributed by atoms with van der Waals surface area (Å²) in [4.78, 5) is 3.12. The molecule has 0 saturated heterocycles. The van der Waals surface area contributed by atoms with Crippen LogP contribution in [0.2, 0.25) is 0 Å². The molecule has 1 heterocycles. The molecule has 1 aromatic heterocycles. The van der Waals surface area contributed by atoms with Gasteiger partial charge in [-0.1, -0.05) is 18.2 Å². The van der Waals surface area contributed by atoms with Crippen LogP contribution in [0.3, 0.4) is 0 Å². The van der Waals surface area contributed by atoms with E-state index in [1.54, 1.807) is 0 Å². The fourth-order valence-electron chi connectivity index (χ4n) is 0.995. The third-order valence-electron chi connectivity index (χ3n) is 1.46. The zero-order chi connectivity index (χ0) is 6.10. The second-order valence-electron chi connectivity index (χ2n) is 2.06. The minimum absolute atomic E-state index is 0. The predicted octanol–water partition coefficient (Wildman–Crippen LogP) is 2.17. The van der Waals surface area contributed by atoms with E-state index in [9.17, 15) is 0 Å². The van der Waals surface area contributed by atoms with Gasteiger partial charge in [-0.05, 0) is 17.5 Å². The van der Waals surface area contributed by atoms with Crippen molar-refractivity contribution in [3.8, 4) is 0 Å². The van der Waals surface area contributed by atoms with Crippen molar-refractivity contribution in [1.29, 1.82) is 0 Å². The van der Waals surface area contributed by atoms with E-state index in [2.05, 4.69) is 23.2 Å². The van der Waals surface area contributed by atoms with E-state index in [1.807, 2.05) is 18.3 Å². The van der Waals surface area contributed by atoms with Crippen molar-refractivity contribution in [3.63, 3.8) is 0 Å². The van der Waals surface area contributed by atoms with E-state index in [-0.39, 0.29) is 22.4 Å². The Morgan fingerprint density at radius 1 is 1.00 bits per heavy atom.